The first-order chi connectivity index (χ1) is 8.46. The summed E-state index contributed by atoms with van der Waals surface area (Å²) >= 11 is 0. The van der Waals surface area contributed by atoms with Gasteiger partial charge in [0.25, 0.3) is 0 Å². The van der Waals surface area contributed by atoms with E-state index in [4.69, 9.17) is 4.74 Å². The van der Waals surface area contributed by atoms with Crippen LogP contribution in [0.4, 0.5) is 0 Å². The molecular formula is C16H22O2. The molecule has 1 rings (SSSR count). The highest BCUT2D eigenvalue weighted by molar-refractivity contribution is 5.95. The van der Waals surface area contributed by atoms with Crippen LogP contribution in [0.25, 0.3) is 0 Å². The molecule has 0 saturated heterocycles. The molecule has 0 bridgehead atoms. The number of allylic oxidation sites excluding steroid dienone is 2. The lowest BCUT2D eigenvalue weighted by Crippen LogP contribution is -2.13. The molecule has 2 heteroatoms. The average Bonchev–Trinajstić information content (AvgIpc) is 2.66. The molecule has 0 atom stereocenters. The van der Waals surface area contributed by atoms with E-state index < -0.39 is 0 Å². The Morgan fingerprint density at radius 1 is 1.44 bits per heavy atom. The van der Waals surface area contributed by atoms with Crippen LogP contribution < -0.4 is 0 Å². The van der Waals surface area contributed by atoms with Gasteiger partial charge in [0.05, 0.1) is 5.57 Å². The van der Waals surface area contributed by atoms with E-state index in [9.17, 15) is 4.79 Å². The zero-order valence-electron chi connectivity index (χ0n) is 11.6. The van der Waals surface area contributed by atoms with E-state index in [1.807, 2.05) is 12.2 Å². The zero-order valence-corrected chi connectivity index (χ0v) is 11.6. The maximum absolute atomic E-state index is 11.5. The van der Waals surface area contributed by atoms with Crippen LogP contribution in [-0.2, 0) is 9.53 Å². The van der Waals surface area contributed by atoms with Crippen molar-refractivity contribution in [3.05, 3.63) is 48.1 Å². The third-order valence-corrected chi connectivity index (χ3v) is 3.33. The molecule has 0 N–H and O–H groups in total. The fourth-order valence-corrected chi connectivity index (χ4v) is 2.25. The van der Waals surface area contributed by atoms with Crippen molar-refractivity contribution in [2.24, 2.45) is 5.41 Å². The fraction of sp³-hybridized carbons (Fsp3) is 0.438. The Balaban J connectivity index is 3.13. The van der Waals surface area contributed by atoms with Crippen molar-refractivity contribution in [3.8, 4) is 0 Å². The summed E-state index contributed by atoms with van der Waals surface area (Å²) in [6, 6.07) is 0. The number of cyclic esters (lactones) is 1. The van der Waals surface area contributed by atoms with E-state index >= 15 is 0 Å². The molecule has 0 saturated carbocycles. The van der Waals surface area contributed by atoms with Gasteiger partial charge in [0.1, 0.15) is 6.61 Å². The van der Waals surface area contributed by atoms with Crippen molar-refractivity contribution < 1.29 is 9.53 Å². The normalized spacial score (nSPS) is 16.8. The number of rotatable bonds is 6. The summed E-state index contributed by atoms with van der Waals surface area (Å²) in [5.41, 5.74) is 2.66. The Kier molecular flexibility index (Phi) is 4.71. The van der Waals surface area contributed by atoms with E-state index in [1.165, 1.54) is 0 Å². The highest BCUT2D eigenvalue weighted by atomic mass is 16.5. The SMILES string of the molecule is C=CC1=C(/C=C(\C=C)C(C)(C)CCC)COC1=O. The Labute approximate surface area is 110 Å². The topological polar surface area (TPSA) is 26.3 Å². The molecule has 2 nitrogen and oxygen atoms in total. The summed E-state index contributed by atoms with van der Waals surface area (Å²) in [4.78, 5) is 11.5. The van der Waals surface area contributed by atoms with E-state index in [2.05, 4.69) is 33.9 Å². The third-order valence-electron chi connectivity index (χ3n) is 3.33. The van der Waals surface area contributed by atoms with Crippen LogP contribution in [0, 0.1) is 5.41 Å². The van der Waals surface area contributed by atoms with Crippen molar-refractivity contribution in [1.29, 1.82) is 0 Å². The van der Waals surface area contributed by atoms with Crippen molar-refractivity contribution >= 4 is 5.97 Å². The van der Waals surface area contributed by atoms with Gasteiger partial charge in [-0.25, -0.2) is 4.79 Å². The smallest absolute Gasteiger partial charge is 0.338 e. The van der Waals surface area contributed by atoms with Crippen molar-refractivity contribution in [2.75, 3.05) is 6.61 Å². The first-order valence-electron chi connectivity index (χ1n) is 6.33. The Morgan fingerprint density at radius 2 is 2.11 bits per heavy atom. The van der Waals surface area contributed by atoms with Crippen molar-refractivity contribution in [1.82, 2.24) is 0 Å². The van der Waals surface area contributed by atoms with Gasteiger partial charge in [0, 0.05) is 5.57 Å². The first-order valence-corrected chi connectivity index (χ1v) is 6.33. The predicted molar refractivity (Wildman–Crippen MR) is 75.2 cm³/mol. The van der Waals surface area contributed by atoms with Crippen LogP contribution in [-0.4, -0.2) is 12.6 Å². The molecular weight excluding hydrogens is 224 g/mol. The summed E-state index contributed by atoms with van der Waals surface area (Å²) in [6.07, 6.45) is 7.64. The largest absolute Gasteiger partial charge is 0.457 e. The second-order valence-electron chi connectivity index (χ2n) is 5.16. The van der Waals surface area contributed by atoms with Crippen LogP contribution in [0.3, 0.4) is 0 Å². The van der Waals surface area contributed by atoms with Crippen LogP contribution >= 0.6 is 0 Å². The molecule has 0 amide bonds. The number of hydrogen-bond acceptors (Lipinski definition) is 2. The first kappa shape index (κ1) is 14.5. The maximum Gasteiger partial charge on any atom is 0.338 e. The monoisotopic (exact) mass is 246 g/mol. The summed E-state index contributed by atoms with van der Waals surface area (Å²) < 4.78 is 5.02. The molecule has 0 fully saturated rings. The van der Waals surface area contributed by atoms with Gasteiger partial charge in [0.2, 0.25) is 0 Å². The maximum atomic E-state index is 11.5. The fourth-order valence-electron chi connectivity index (χ4n) is 2.25. The van der Waals surface area contributed by atoms with Gasteiger partial charge in [-0.3, -0.25) is 0 Å². The molecule has 0 aromatic heterocycles. The van der Waals surface area contributed by atoms with E-state index in [-0.39, 0.29) is 11.4 Å². The molecule has 1 aliphatic rings. The minimum absolute atomic E-state index is 0.0570. The zero-order chi connectivity index (χ0) is 13.8. The van der Waals surface area contributed by atoms with Crippen molar-refractivity contribution in [2.45, 2.75) is 33.6 Å². The van der Waals surface area contributed by atoms with Crippen LogP contribution in [0.15, 0.2) is 48.1 Å². The highest BCUT2D eigenvalue weighted by Gasteiger charge is 2.24. The average molecular weight is 246 g/mol. The van der Waals surface area contributed by atoms with Crippen LogP contribution in [0.1, 0.15) is 33.6 Å². The van der Waals surface area contributed by atoms with Gasteiger partial charge >= 0.3 is 5.97 Å². The standard InChI is InChI=1S/C16H22O2/c1-6-9-16(4,5)13(7-2)10-12-11-18-15(17)14(12)8-3/h7-8,10H,2-3,6,9,11H2,1,4-5H3/b13-10+. The lowest BCUT2D eigenvalue weighted by Gasteiger charge is -2.26. The van der Waals surface area contributed by atoms with E-state index in [0.29, 0.717) is 12.2 Å². The van der Waals surface area contributed by atoms with Gasteiger partial charge in [-0.2, -0.15) is 0 Å². The van der Waals surface area contributed by atoms with Gasteiger partial charge in [0.15, 0.2) is 0 Å². The van der Waals surface area contributed by atoms with Crippen LogP contribution in [0.5, 0.6) is 0 Å². The molecule has 0 aromatic rings. The molecule has 0 unspecified atom stereocenters. The molecule has 98 valence electrons. The molecule has 0 aromatic carbocycles. The summed E-state index contributed by atoms with van der Waals surface area (Å²) in [6.45, 7) is 14.4. The third kappa shape index (κ3) is 3.00. The molecule has 0 aliphatic carbocycles. The second-order valence-corrected chi connectivity index (χ2v) is 5.16. The minimum atomic E-state index is -0.284. The molecule has 1 aliphatic heterocycles. The lowest BCUT2D eigenvalue weighted by molar-refractivity contribution is -0.135. The van der Waals surface area contributed by atoms with E-state index in [0.717, 1.165) is 24.0 Å². The Hall–Kier alpha value is -1.57. The minimum Gasteiger partial charge on any atom is -0.457 e. The van der Waals surface area contributed by atoms with Gasteiger partial charge in [-0.1, -0.05) is 58.6 Å². The predicted octanol–water partition coefficient (Wildman–Crippen LogP) is 3.96. The molecule has 0 radical (unpaired) electrons. The summed E-state index contributed by atoms with van der Waals surface area (Å²) in [5.74, 6) is -0.284. The molecule has 1 heterocycles. The number of esters is 1. The van der Waals surface area contributed by atoms with Crippen LogP contribution in [0.2, 0.25) is 0 Å². The number of carbonyl (C=O) groups excluding carboxylic acids is 1. The summed E-state index contributed by atoms with van der Waals surface area (Å²) in [7, 11) is 0. The number of hydrogen-bond donors (Lipinski definition) is 0. The Morgan fingerprint density at radius 3 is 2.61 bits per heavy atom. The quantitative estimate of drug-likeness (QED) is 0.523. The van der Waals surface area contributed by atoms with Gasteiger partial charge in [-0.05, 0) is 17.4 Å². The van der Waals surface area contributed by atoms with E-state index in [1.54, 1.807) is 6.08 Å². The summed E-state index contributed by atoms with van der Waals surface area (Å²) in [5, 5.41) is 0. The van der Waals surface area contributed by atoms with Gasteiger partial charge < -0.3 is 4.74 Å². The lowest BCUT2D eigenvalue weighted by atomic mass is 9.79. The van der Waals surface area contributed by atoms with Crippen molar-refractivity contribution in [3.63, 3.8) is 0 Å². The number of carbonyl (C=O) groups is 1. The molecule has 18 heavy (non-hydrogen) atoms. The Bertz CT molecular complexity index is 422. The van der Waals surface area contributed by atoms with Gasteiger partial charge in [-0.15, -0.1) is 0 Å². The molecule has 0 spiro atoms. The highest BCUT2D eigenvalue weighted by Crippen LogP contribution is 2.34. The number of ether oxygens (including phenoxy) is 1. The second kappa shape index (κ2) is 5.85.